The minimum absolute atomic E-state index is 0.0314. The number of para-hydroxylation sites is 2. The molecule has 14 nitrogen and oxygen atoms in total. The number of aliphatic hydroxyl groups excluding tert-OH is 1. The standard InChI is InChI=1S/C35H35N5O9S/c1-4-47-34(42)19-29(28-12-13-31-35(23(28)3)36-37-39(31)15-16-41)24-10-9-22(2)25(17-24)20-38-21-26-18-27(11-14-32(26)49-50(38,45)46)48-33-8-6-5-7-30(33)40(43)44/h5-14,17-18,29,41H,4,15-16,19-21H2,1-3H3. The molecule has 260 valence electrons. The van der Waals surface area contributed by atoms with Gasteiger partial charge < -0.3 is 18.8 Å². The highest BCUT2D eigenvalue weighted by molar-refractivity contribution is 7.84. The van der Waals surface area contributed by atoms with Crippen molar-refractivity contribution in [3.63, 3.8) is 0 Å². The van der Waals surface area contributed by atoms with E-state index in [4.69, 9.17) is 13.7 Å². The highest BCUT2D eigenvalue weighted by Crippen LogP contribution is 2.38. The zero-order valence-corrected chi connectivity index (χ0v) is 28.4. The molecule has 0 amide bonds. The number of aryl methyl sites for hydroxylation is 2. The minimum Gasteiger partial charge on any atom is -0.466 e. The van der Waals surface area contributed by atoms with Crippen LogP contribution in [0.2, 0.25) is 0 Å². The molecule has 4 aromatic carbocycles. The molecule has 0 saturated carbocycles. The maximum Gasteiger partial charge on any atom is 0.385 e. The van der Waals surface area contributed by atoms with Crippen LogP contribution in [0.1, 0.15) is 52.6 Å². The van der Waals surface area contributed by atoms with Crippen molar-refractivity contribution >= 4 is 33.0 Å². The molecule has 15 heteroatoms. The van der Waals surface area contributed by atoms with Crippen molar-refractivity contribution in [1.82, 2.24) is 19.3 Å². The van der Waals surface area contributed by atoms with Gasteiger partial charge in [-0.2, -0.15) is 12.7 Å². The monoisotopic (exact) mass is 701 g/mol. The van der Waals surface area contributed by atoms with Gasteiger partial charge in [-0.3, -0.25) is 14.9 Å². The molecule has 0 radical (unpaired) electrons. The maximum absolute atomic E-state index is 13.3. The zero-order valence-electron chi connectivity index (χ0n) is 27.6. The van der Waals surface area contributed by atoms with Gasteiger partial charge in [0.2, 0.25) is 5.75 Å². The lowest BCUT2D eigenvalue weighted by atomic mass is 9.84. The molecule has 0 aliphatic carbocycles. The molecule has 1 atom stereocenters. The second-order valence-electron chi connectivity index (χ2n) is 11.8. The summed E-state index contributed by atoms with van der Waals surface area (Å²) in [6.45, 7) is 5.88. The van der Waals surface area contributed by atoms with Crippen LogP contribution < -0.4 is 8.92 Å². The smallest absolute Gasteiger partial charge is 0.385 e. The molecule has 1 N–H and O–H groups in total. The van der Waals surface area contributed by atoms with Crippen LogP contribution in [0.15, 0.2) is 72.8 Å². The molecule has 50 heavy (non-hydrogen) atoms. The van der Waals surface area contributed by atoms with Crippen molar-refractivity contribution in [3.05, 3.63) is 116 Å². The van der Waals surface area contributed by atoms with Gasteiger partial charge in [-0.05, 0) is 78.9 Å². The lowest BCUT2D eigenvalue weighted by molar-refractivity contribution is -0.385. The number of benzene rings is 4. The van der Waals surface area contributed by atoms with E-state index in [0.29, 0.717) is 23.2 Å². The number of esters is 1. The van der Waals surface area contributed by atoms with E-state index in [1.54, 1.807) is 23.7 Å². The molecule has 1 aliphatic rings. The Morgan fingerprint density at radius 1 is 1.10 bits per heavy atom. The van der Waals surface area contributed by atoms with Crippen molar-refractivity contribution in [1.29, 1.82) is 0 Å². The number of hydrogen-bond acceptors (Lipinski definition) is 11. The summed E-state index contributed by atoms with van der Waals surface area (Å²) in [6.07, 6.45) is 0.0360. The Kier molecular flexibility index (Phi) is 9.81. The van der Waals surface area contributed by atoms with Crippen LogP contribution in [0.3, 0.4) is 0 Å². The van der Waals surface area contributed by atoms with E-state index in [2.05, 4.69) is 10.3 Å². The maximum atomic E-state index is 13.3. The SMILES string of the molecule is CCOC(=O)CC(c1ccc(C)c(CN2Cc3cc(Oc4ccccc4[N+](=O)[O-])ccc3OS2(=O)=O)c1)c1ccc2c(nnn2CCO)c1C. The van der Waals surface area contributed by atoms with Crippen molar-refractivity contribution < 1.29 is 36.9 Å². The Hall–Kier alpha value is -5.38. The van der Waals surface area contributed by atoms with E-state index in [0.717, 1.165) is 27.8 Å². The van der Waals surface area contributed by atoms with E-state index in [1.165, 1.54) is 34.6 Å². The average molecular weight is 702 g/mol. The topological polar surface area (TPSA) is 176 Å². The third-order valence-corrected chi connectivity index (χ3v) is 9.93. The summed E-state index contributed by atoms with van der Waals surface area (Å²) in [7, 11) is -4.19. The molecule has 0 fully saturated rings. The molecular formula is C35H35N5O9S. The second-order valence-corrected chi connectivity index (χ2v) is 13.4. The van der Waals surface area contributed by atoms with Gasteiger partial charge in [-0.1, -0.05) is 41.6 Å². The van der Waals surface area contributed by atoms with Crippen molar-refractivity contribution in [2.24, 2.45) is 0 Å². The second kappa shape index (κ2) is 14.2. The fourth-order valence-corrected chi connectivity index (χ4v) is 7.19. The normalized spacial score (nSPS) is 14.5. The number of fused-ring (bicyclic) bond motifs is 2. The summed E-state index contributed by atoms with van der Waals surface area (Å²) in [5, 5.41) is 29.4. The molecule has 1 aromatic heterocycles. The summed E-state index contributed by atoms with van der Waals surface area (Å²) in [5.74, 6) is -0.363. The molecule has 0 saturated heterocycles. The molecular weight excluding hydrogens is 666 g/mol. The first kappa shape index (κ1) is 34.5. The van der Waals surface area contributed by atoms with Crippen LogP contribution in [0.25, 0.3) is 11.0 Å². The minimum atomic E-state index is -4.19. The van der Waals surface area contributed by atoms with Gasteiger partial charge in [0.25, 0.3) is 0 Å². The number of nitro groups is 1. The summed E-state index contributed by atoms with van der Waals surface area (Å²) in [4.78, 5) is 23.8. The number of carbonyl (C=O) groups is 1. The molecule has 6 rings (SSSR count). The van der Waals surface area contributed by atoms with E-state index in [9.17, 15) is 28.4 Å². The van der Waals surface area contributed by atoms with Crippen LogP contribution in [0, 0.1) is 24.0 Å². The number of nitro benzene ring substituents is 1. The molecule has 1 aliphatic heterocycles. The third-order valence-electron chi connectivity index (χ3n) is 8.65. The number of aromatic nitrogens is 3. The molecule has 2 heterocycles. The molecule has 5 aromatic rings. The molecule has 0 bridgehead atoms. The fourth-order valence-electron chi connectivity index (χ4n) is 6.10. The summed E-state index contributed by atoms with van der Waals surface area (Å²) in [5.41, 5.74) is 5.69. The van der Waals surface area contributed by atoms with Gasteiger partial charge in [0.1, 0.15) is 17.0 Å². The first-order valence-electron chi connectivity index (χ1n) is 15.9. The number of carbonyl (C=O) groups excluding carboxylic acids is 1. The fraction of sp³-hybridized carbons (Fsp3) is 0.286. The van der Waals surface area contributed by atoms with Crippen molar-refractivity contribution in [2.75, 3.05) is 13.2 Å². The Balaban J connectivity index is 1.31. The Morgan fingerprint density at radius 2 is 1.90 bits per heavy atom. The number of ether oxygens (including phenoxy) is 2. The van der Waals surface area contributed by atoms with Gasteiger partial charge >= 0.3 is 22.0 Å². The van der Waals surface area contributed by atoms with Crippen molar-refractivity contribution in [3.8, 4) is 17.2 Å². The summed E-state index contributed by atoms with van der Waals surface area (Å²) < 4.78 is 46.1. The first-order valence-corrected chi connectivity index (χ1v) is 17.3. The largest absolute Gasteiger partial charge is 0.466 e. The highest BCUT2D eigenvalue weighted by Gasteiger charge is 2.33. The summed E-state index contributed by atoms with van der Waals surface area (Å²) in [6, 6.07) is 20.0. The highest BCUT2D eigenvalue weighted by atomic mass is 32.2. The van der Waals surface area contributed by atoms with Crippen molar-refractivity contribution in [2.45, 2.75) is 52.7 Å². The molecule has 0 spiro atoms. The van der Waals surface area contributed by atoms with Gasteiger partial charge in [-0.25, -0.2) is 4.68 Å². The Labute approximate surface area is 288 Å². The van der Waals surface area contributed by atoms with Crippen LogP contribution in [0.4, 0.5) is 5.69 Å². The molecule has 1 unspecified atom stereocenters. The predicted molar refractivity (Wildman–Crippen MR) is 182 cm³/mol. The van der Waals surface area contributed by atoms with Crippen LogP contribution in [-0.4, -0.2) is 56.9 Å². The number of aliphatic hydroxyl groups is 1. The van der Waals surface area contributed by atoms with E-state index in [1.807, 2.05) is 44.2 Å². The van der Waals surface area contributed by atoms with Gasteiger partial charge in [0.05, 0.1) is 36.6 Å². The lowest BCUT2D eigenvalue weighted by Gasteiger charge is -2.29. The van der Waals surface area contributed by atoms with Gasteiger partial charge in [0.15, 0.2) is 0 Å². The predicted octanol–water partition coefficient (Wildman–Crippen LogP) is 5.47. The van der Waals surface area contributed by atoms with Crippen LogP contribution in [-0.2, 0) is 39.5 Å². The Bertz CT molecular complexity index is 2200. The zero-order chi connectivity index (χ0) is 35.6. The number of nitrogens with zero attached hydrogens (tertiary/aromatic N) is 5. The lowest BCUT2D eigenvalue weighted by Crippen LogP contribution is -2.37. The third kappa shape index (κ3) is 7.01. The van der Waals surface area contributed by atoms with Gasteiger partial charge in [0, 0.05) is 30.6 Å². The number of rotatable bonds is 12. The average Bonchev–Trinajstić information content (AvgIpc) is 3.49. The van der Waals surface area contributed by atoms with E-state index < -0.39 is 21.1 Å². The van der Waals surface area contributed by atoms with E-state index >= 15 is 0 Å². The van der Waals surface area contributed by atoms with Gasteiger partial charge in [-0.15, -0.1) is 5.10 Å². The Morgan fingerprint density at radius 3 is 2.66 bits per heavy atom. The summed E-state index contributed by atoms with van der Waals surface area (Å²) >= 11 is 0. The number of hydrogen-bond donors (Lipinski definition) is 1. The van der Waals surface area contributed by atoms with Crippen LogP contribution >= 0.6 is 0 Å². The first-order chi connectivity index (χ1) is 24.0. The van der Waals surface area contributed by atoms with Crippen LogP contribution in [0.5, 0.6) is 17.2 Å². The van der Waals surface area contributed by atoms with E-state index in [-0.39, 0.29) is 61.6 Å². The quantitative estimate of drug-likeness (QED) is 0.0992.